The topological polar surface area (TPSA) is 80.1 Å². The number of nitrogens with one attached hydrogen (secondary N) is 2. The molecule has 0 atom stereocenters. The Labute approximate surface area is 206 Å². The van der Waals surface area contributed by atoms with Gasteiger partial charge in [0.05, 0.1) is 24.7 Å². The quantitative estimate of drug-likeness (QED) is 0.360. The molecule has 6 heteroatoms. The molecule has 0 fully saturated rings. The smallest absolute Gasteiger partial charge is 0.287 e. The van der Waals surface area contributed by atoms with E-state index in [1.807, 2.05) is 30.3 Å². The number of ether oxygens (including phenoxy) is 1. The average molecular weight is 472 g/mol. The molecule has 2 N–H and O–H groups in total. The van der Waals surface area contributed by atoms with Crippen LogP contribution in [0.25, 0.3) is 11.0 Å². The molecule has 0 saturated carbocycles. The van der Waals surface area contributed by atoms with Gasteiger partial charge in [-0.1, -0.05) is 45.9 Å². The zero-order valence-electron chi connectivity index (χ0n) is 21.1. The third kappa shape index (κ3) is 4.45. The van der Waals surface area contributed by atoms with Crippen molar-refractivity contribution >= 4 is 16.9 Å². The molecule has 2 aromatic carbocycles. The van der Waals surface area contributed by atoms with Crippen LogP contribution in [-0.2, 0) is 23.8 Å². The summed E-state index contributed by atoms with van der Waals surface area (Å²) in [7, 11) is 1.71. The molecule has 0 radical (unpaired) electrons. The molecule has 4 aromatic rings. The van der Waals surface area contributed by atoms with E-state index in [1.54, 1.807) is 13.2 Å². The van der Waals surface area contributed by atoms with Crippen molar-refractivity contribution in [2.45, 2.75) is 64.3 Å². The number of carbonyl (C=O) groups excluding carboxylic acids is 1. The molecule has 182 valence electrons. The lowest BCUT2D eigenvalue weighted by atomic mass is 9.63. The van der Waals surface area contributed by atoms with E-state index in [9.17, 15) is 4.79 Å². The van der Waals surface area contributed by atoms with Gasteiger partial charge in [-0.05, 0) is 65.1 Å². The maximum absolute atomic E-state index is 12.7. The Kier molecular flexibility index (Phi) is 5.70. The van der Waals surface area contributed by atoms with Crippen molar-refractivity contribution in [2.75, 3.05) is 7.11 Å². The van der Waals surface area contributed by atoms with Crippen molar-refractivity contribution in [2.24, 2.45) is 0 Å². The number of furan rings is 1. The number of para-hydroxylation sites is 2. The maximum atomic E-state index is 12.7. The first-order valence-electron chi connectivity index (χ1n) is 12.2. The van der Waals surface area contributed by atoms with Crippen molar-refractivity contribution < 1.29 is 13.9 Å². The fourth-order valence-corrected chi connectivity index (χ4v) is 5.09. The Morgan fingerprint density at radius 2 is 1.77 bits per heavy atom. The van der Waals surface area contributed by atoms with Crippen LogP contribution in [-0.4, -0.2) is 23.0 Å². The molecule has 35 heavy (non-hydrogen) atoms. The summed E-state index contributed by atoms with van der Waals surface area (Å²) in [5, 5.41) is 2.89. The number of H-pyrrole nitrogens is 1. The van der Waals surface area contributed by atoms with Crippen LogP contribution >= 0.6 is 0 Å². The van der Waals surface area contributed by atoms with Crippen molar-refractivity contribution in [1.82, 2.24) is 15.3 Å². The lowest BCUT2D eigenvalue weighted by Crippen LogP contribution is -2.34. The van der Waals surface area contributed by atoms with Crippen molar-refractivity contribution in [1.29, 1.82) is 0 Å². The third-order valence-electron chi connectivity index (χ3n) is 7.36. The minimum Gasteiger partial charge on any atom is -0.496 e. The number of hydrogen-bond acceptors (Lipinski definition) is 4. The second-order valence-corrected chi connectivity index (χ2v) is 10.8. The number of hydrogen-bond donors (Lipinski definition) is 2. The zero-order valence-corrected chi connectivity index (χ0v) is 21.1. The molecule has 0 bridgehead atoms. The van der Waals surface area contributed by atoms with Gasteiger partial charge in [-0.25, -0.2) is 4.98 Å². The second kappa shape index (κ2) is 8.59. The van der Waals surface area contributed by atoms with E-state index < -0.39 is 0 Å². The minimum atomic E-state index is -0.267. The highest BCUT2D eigenvalue weighted by atomic mass is 16.5. The monoisotopic (exact) mass is 471 g/mol. The molecule has 0 aliphatic heterocycles. The van der Waals surface area contributed by atoms with Crippen LogP contribution in [0.2, 0.25) is 0 Å². The Balaban J connectivity index is 1.33. The van der Waals surface area contributed by atoms with Gasteiger partial charge < -0.3 is 19.5 Å². The molecule has 1 aliphatic carbocycles. The molecular weight excluding hydrogens is 438 g/mol. The van der Waals surface area contributed by atoms with Crippen LogP contribution in [0, 0.1) is 0 Å². The number of amides is 1. The van der Waals surface area contributed by atoms with Crippen LogP contribution < -0.4 is 10.1 Å². The van der Waals surface area contributed by atoms with Crippen LogP contribution in [0.1, 0.15) is 79.4 Å². The predicted molar refractivity (Wildman–Crippen MR) is 137 cm³/mol. The highest BCUT2D eigenvalue weighted by Crippen LogP contribution is 2.47. The third-order valence-corrected chi connectivity index (χ3v) is 7.36. The van der Waals surface area contributed by atoms with E-state index in [0.29, 0.717) is 18.8 Å². The second-order valence-electron chi connectivity index (χ2n) is 10.8. The molecule has 2 aromatic heterocycles. The summed E-state index contributed by atoms with van der Waals surface area (Å²) in [5.41, 5.74) is 5.86. The summed E-state index contributed by atoms with van der Waals surface area (Å²) in [4.78, 5) is 20.4. The fourth-order valence-electron chi connectivity index (χ4n) is 5.09. The number of benzene rings is 2. The molecule has 0 spiro atoms. The number of nitrogens with zero attached hydrogens (tertiary/aromatic N) is 1. The Bertz CT molecular complexity index is 1360. The van der Waals surface area contributed by atoms with Crippen molar-refractivity contribution in [3.63, 3.8) is 0 Å². The number of carbonyl (C=O) groups is 1. The largest absolute Gasteiger partial charge is 0.496 e. The van der Waals surface area contributed by atoms with E-state index >= 15 is 0 Å². The summed E-state index contributed by atoms with van der Waals surface area (Å²) in [6, 6.07) is 15.9. The first-order valence-corrected chi connectivity index (χ1v) is 12.2. The molecule has 0 saturated heterocycles. The maximum Gasteiger partial charge on any atom is 0.287 e. The molecule has 2 heterocycles. The van der Waals surface area contributed by atoms with Gasteiger partial charge in [0.25, 0.3) is 5.91 Å². The molecular formula is C29H33N3O3. The molecule has 6 nitrogen and oxygen atoms in total. The minimum absolute atomic E-state index is 0.108. The van der Waals surface area contributed by atoms with Crippen LogP contribution in [0.5, 0.6) is 5.75 Å². The normalized spacial score (nSPS) is 16.1. The van der Waals surface area contributed by atoms with E-state index in [4.69, 9.17) is 9.15 Å². The number of imidazole rings is 1. The van der Waals surface area contributed by atoms with E-state index in [0.717, 1.165) is 40.9 Å². The highest BCUT2D eigenvalue weighted by molar-refractivity contribution is 5.91. The van der Waals surface area contributed by atoms with Crippen molar-refractivity contribution in [3.05, 3.63) is 82.6 Å². The van der Waals surface area contributed by atoms with Crippen LogP contribution in [0.3, 0.4) is 0 Å². The molecule has 1 aliphatic rings. The number of aromatic nitrogens is 2. The highest BCUT2D eigenvalue weighted by Gasteiger charge is 2.38. The summed E-state index contributed by atoms with van der Waals surface area (Å²) in [6.45, 7) is 9.54. The summed E-state index contributed by atoms with van der Waals surface area (Å²) >= 11 is 0. The van der Waals surface area contributed by atoms with Crippen LogP contribution in [0.4, 0.5) is 0 Å². The van der Waals surface area contributed by atoms with Crippen molar-refractivity contribution in [3.8, 4) is 5.75 Å². The van der Waals surface area contributed by atoms with E-state index in [2.05, 4.69) is 55.1 Å². The molecule has 5 rings (SSSR count). The van der Waals surface area contributed by atoms with Gasteiger partial charge in [0.2, 0.25) is 0 Å². The number of rotatable bonds is 6. The van der Waals surface area contributed by atoms with E-state index in [-0.39, 0.29) is 22.5 Å². The number of aromatic amines is 1. The summed E-state index contributed by atoms with van der Waals surface area (Å²) < 4.78 is 11.7. The lowest BCUT2D eigenvalue weighted by molar-refractivity contribution is 0.0920. The van der Waals surface area contributed by atoms with Gasteiger partial charge in [-0.3, -0.25) is 4.79 Å². The number of methoxy groups -OCH3 is 1. The van der Waals surface area contributed by atoms with Gasteiger partial charge in [-0.2, -0.15) is 0 Å². The van der Waals surface area contributed by atoms with Gasteiger partial charge in [0.15, 0.2) is 5.76 Å². The molecule has 0 unspecified atom stereocenters. The standard InChI is InChI=1S/C29H33N3O3/c1-28(2)12-13-29(3,4)21-16-25(34-5)18(15-20(21)28)14-19-10-11-24(35-19)27(33)30-17-26-31-22-8-6-7-9-23(22)32-26/h6-11,15-16H,12-14,17H2,1-5H3,(H,30,33)(H,31,32). The van der Waals surface area contributed by atoms with Gasteiger partial charge in [-0.15, -0.1) is 0 Å². The Morgan fingerprint density at radius 1 is 1.06 bits per heavy atom. The first-order chi connectivity index (χ1) is 16.7. The SMILES string of the molecule is COc1cc2c(cc1Cc1ccc(C(=O)NCc3nc4ccccc4[nH]3)o1)C(C)(C)CCC2(C)C. The Morgan fingerprint density at radius 3 is 2.49 bits per heavy atom. The first kappa shape index (κ1) is 23.2. The number of fused-ring (bicyclic) bond motifs is 2. The summed E-state index contributed by atoms with van der Waals surface area (Å²) in [5.74, 6) is 2.31. The van der Waals surface area contributed by atoms with Gasteiger partial charge in [0.1, 0.15) is 17.3 Å². The lowest BCUT2D eigenvalue weighted by Gasteiger charge is -2.42. The van der Waals surface area contributed by atoms with E-state index in [1.165, 1.54) is 11.1 Å². The zero-order chi connectivity index (χ0) is 24.8. The van der Waals surface area contributed by atoms with Gasteiger partial charge in [0, 0.05) is 12.0 Å². The predicted octanol–water partition coefficient (Wildman–Crippen LogP) is 6.03. The molecule has 1 amide bonds. The fraction of sp³-hybridized carbons (Fsp3) is 0.379. The average Bonchev–Trinajstić information content (AvgIpc) is 3.47. The van der Waals surface area contributed by atoms with Gasteiger partial charge >= 0.3 is 0 Å². The summed E-state index contributed by atoms with van der Waals surface area (Å²) in [6.07, 6.45) is 2.86. The van der Waals surface area contributed by atoms with Crippen LogP contribution in [0.15, 0.2) is 52.9 Å². The Hall–Kier alpha value is -3.54.